The van der Waals surface area contributed by atoms with Gasteiger partial charge in [0.1, 0.15) is 5.82 Å². The first-order valence-corrected chi connectivity index (χ1v) is 7.84. The number of anilines is 1. The lowest BCUT2D eigenvalue weighted by Crippen LogP contribution is -2.35. The highest BCUT2D eigenvalue weighted by Crippen LogP contribution is 2.13. The highest BCUT2D eigenvalue weighted by molar-refractivity contribution is 5.37. The molecule has 1 atom stereocenters. The van der Waals surface area contributed by atoms with E-state index >= 15 is 0 Å². The second-order valence-electron chi connectivity index (χ2n) is 5.64. The van der Waals surface area contributed by atoms with Crippen LogP contribution in [0.2, 0.25) is 0 Å². The summed E-state index contributed by atoms with van der Waals surface area (Å²) in [5.41, 5.74) is 0. The minimum Gasteiger partial charge on any atom is -0.478 e. The third kappa shape index (κ3) is 5.00. The average molecular weight is 277 g/mol. The van der Waals surface area contributed by atoms with Crippen LogP contribution in [0.15, 0.2) is 18.2 Å². The standard InChI is InChI=1S/C16H27N3O/c1-3-20-16-9-7-8-15(18-16)17-12-14(2)13-19-10-5-4-6-11-19/h7-9,14H,3-6,10-13H2,1-2H3,(H,17,18). The zero-order chi connectivity index (χ0) is 14.2. The van der Waals surface area contributed by atoms with E-state index in [2.05, 4.69) is 22.1 Å². The van der Waals surface area contributed by atoms with Crippen LogP contribution >= 0.6 is 0 Å². The smallest absolute Gasteiger partial charge is 0.215 e. The number of piperidine rings is 1. The van der Waals surface area contributed by atoms with Gasteiger partial charge in [-0.25, -0.2) is 0 Å². The highest BCUT2D eigenvalue weighted by Gasteiger charge is 2.13. The van der Waals surface area contributed by atoms with Crippen molar-refractivity contribution in [2.75, 3.05) is 38.1 Å². The van der Waals surface area contributed by atoms with E-state index < -0.39 is 0 Å². The first kappa shape index (κ1) is 15.1. The molecule has 0 bridgehead atoms. The van der Waals surface area contributed by atoms with Gasteiger partial charge in [-0.1, -0.05) is 19.4 Å². The molecule has 0 saturated carbocycles. The van der Waals surface area contributed by atoms with E-state index in [9.17, 15) is 0 Å². The molecule has 1 aliphatic heterocycles. The third-order valence-corrected chi connectivity index (χ3v) is 3.67. The zero-order valence-corrected chi connectivity index (χ0v) is 12.8. The van der Waals surface area contributed by atoms with Crippen molar-refractivity contribution in [1.29, 1.82) is 0 Å². The van der Waals surface area contributed by atoms with E-state index in [0.29, 0.717) is 18.4 Å². The van der Waals surface area contributed by atoms with Crippen molar-refractivity contribution in [3.05, 3.63) is 18.2 Å². The van der Waals surface area contributed by atoms with Gasteiger partial charge in [0, 0.05) is 19.2 Å². The normalized spacial score (nSPS) is 17.7. The molecule has 2 heterocycles. The summed E-state index contributed by atoms with van der Waals surface area (Å²) in [6.07, 6.45) is 4.12. The lowest BCUT2D eigenvalue weighted by molar-refractivity contribution is 0.204. The first-order valence-electron chi connectivity index (χ1n) is 7.84. The Hall–Kier alpha value is -1.29. The molecule has 0 radical (unpaired) electrons. The summed E-state index contributed by atoms with van der Waals surface area (Å²) < 4.78 is 5.42. The number of ether oxygens (including phenoxy) is 1. The van der Waals surface area contributed by atoms with Gasteiger partial charge in [0.2, 0.25) is 5.88 Å². The maximum Gasteiger partial charge on any atom is 0.215 e. The second-order valence-corrected chi connectivity index (χ2v) is 5.64. The topological polar surface area (TPSA) is 37.4 Å². The Kier molecular flexibility index (Phi) is 6.12. The minimum atomic E-state index is 0.630. The fraction of sp³-hybridized carbons (Fsp3) is 0.688. The second kappa shape index (κ2) is 8.10. The molecule has 4 nitrogen and oxygen atoms in total. The Bertz CT molecular complexity index is 391. The summed E-state index contributed by atoms with van der Waals surface area (Å²) in [6, 6.07) is 5.87. The van der Waals surface area contributed by atoms with Crippen LogP contribution in [0, 0.1) is 5.92 Å². The van der Waals surface area contributed by atoms with Gasteiger partial charge in [0.25, 0.3) is 0 Å². The molecule has 112 valence electrons. The van der Waals surface area contributed by atoms with Crippen LogP contribution < -0.4 is 10.1 Å². The predicted molar refractivity (Wildman–Crippen MR) is 83.4 cm³/mol. The fourth-order valence-corrected chi connectivity index (χ4v) is 2.67. The Labute approximate surface area is 122 Å². The molecule has 1 fully saturated rings. The molecule has 0 aliphatic carbocycles. The highest BCUT2D eigenvalue weighted by atomic mass is 16.5. The number of rotatable bonds is 7. The Balaban J connectivity index is 1.74. The molecule has 1 N–H and O–H groups in total. The lowest BCUT2D eigenvalue weighted by Gasteiger charge is -2.29. The Morgan fingerprint density at radius 3 is 2.85 bits per heavy atom. The molecule has 0 amide bonds. The van der Waals surface area contributed by atoms with Gasteiger partial charge >= 0.3 is 0 Å². The van der Waals surface area contributed by atoms with Crippen LogP contribution in [-0.2, 0) is 0 Å². The van der Waals surface area contributed by atoms with Gasteiger partial charge in [0.15, 0.2) is 0 Å². The minimum absolute atomic E-state index is 0.630. The summed E-state index contributed by atoms with van der Waals surface area (Å²) in [7, 11) is 0. The SMILES string of the molecule is CCOc1cccc(NCC(C)CN2CCCCC2)n1. The van der Waals surface area contributed by atoms with Crippen LogP contribution in [0.25, 0.3) is 0 Å². The molecular weight excluding hydrogens is 250 g/mol. The zero-order valence-electron chi connectivity index (χ0n) is 12.8. The number of hydrogen-bond donors (Lipinski definition) is 1. The summed E-state index contributed by atoms with van der Waals surface area (Å²) >= 11 is 0. The van der Waals surface area contributed by atoms with Crippen molar-refractivity contribution >= 4 is 5.82 Å². The van der Waals surface area contributed by atoms with E-state index in [0.717, 1.165) is 12.4 Å². The average Bonchev–Trinajstić information content (AvgIpc) is 2.47. The van der Waals surface area contributed by atoms with E-state index in [1.807, 2.05) is 25.1 Å². The number of aromatic nitrogens is 1. The Morgan fingerprint density at radius 2 is 2.10 bits per heavy atom. The number of nitrogens with one attached hydrogen (secondary N) is 1. The van der Waals surface area contributed by atoms with Gasteiger partial charge in [-0.3, -0.25) is 0 Å². The van der Waals surface area contributed by atoms with Gasteiger partial charge in [0.05, 0.1) is 6.61 Å². The molecule has 2 rings (SSSR count). The van der Waals surface area contributed by atoms with E-state index in [1.54, 1.807) is 0 Å². The van der Waals surface area contributed by atoms with Crippen molar-refractivity contribution in [3.8, 4) is 5.88 Å². The van der Waals surface area contributed by atoms with Crippen LogP contribution in [0.1, 0.15) is 33.1 Å². The predicted octanol–water partition coefficient (Wildman–Crippen LogP) is 3.01. The van der Waals surface area contributed by atoms with Crippen molar-refractivity contribution in [3.63, 3.8) is 0 Å². The number of nitrogens with zero attached hydrogens (tertiary/aromatic N) is 2. The van der Waals surface area contributed by atoms with Crippen LogP contribution in [0.4, 0.5) is 5.82 Å². The molecule has 0 spiro atoms. The summed E-state index contributed by atoms with van der Waals surface area (Å²) in [6.45, 7) is 9.60. The van der Waals surface area contributed by atoms with Crippen LogP contribution in [0.3, 0.4) is 0 Å². The monoisotopic (exact) mass is 277 g/mol. The number of likely N-dealkylation sites (tertiary alicyclic amines) is 1. The molecule has 1 saturated heterocycles. The largest absolute Gasteiger partial charge is 0.478 e. The van der Waals surface area contributed by atoms with E-state index in [4.69, 9.17) is 4.74 Å². The summed E-state index contributed by atoms with van der Waals surface area (Å²) in [4.78, 5) is 7.02. The quantitative estimate of drug-likeness (QED) is 0.831. The molecule has 4 heteroatoms. The molecule has 1 aromatic rings. The van der Waals surface area contributed by atoms with E-state index in [-0.39, 0.29) is 0 Å². The van der Waals surface area contributed by atoms with E-state index in [1.165, 1.54) is 38.9 Å². The molecule has 1 aliphatic rings. The maximum absolute atomic E-state index is 5.42. The molecule has 1 aromatic heterocycles. The molecular formula is C16H27N3O. The summed E-state index contributed by atoms with van der Waals surface area (Å²) in [5, 5.41) is 3.42. The van der Waals surface area contributed by atoms with Crippen molar-refractivity contribution in [2.45, 2.75) is 33.1 Å². The summed E-state index contributed by atoms with van der Waals surface area (Å²) in [5.74, 6) is 2.23. The number of hydrogen-bond acceptors (Lipinski definition) is 4. The van der Waals surface area contributed by atoms with Crippen molar-refractivity contribution in [2.24, 2.45) is 5.92 Å². The lowest BCUT2D eigenvalue weighted by atomic mass is 10.1. The maximum atomic E-state index is 5.42. The first-order chi connectivity index (χ1) is 9.78. The van der Waals surface area contributed by atoms with Gasteiger partial charge in [-0.05, 0) is 44.8 Å². The Morgan fingerprint density at radius 1 is 1.30 bits per heavy atom. The van der Waals surface area contributed by atoms with Crippen LogP contribution in [-0.4, -0.2) is 42.7 Å². The van der Waals surface area contributed by atoms with Gasteiger partial charge in [-0.2, -0.15) is 4.98 Å². The van der Waals surface area contributed by atoms with Crippen LogP contribution in [0.5, 0.6) is 5.88 Å². The number of pyridine rings is 1. The molecule has 1 unspecified atom stereocenters. The molecule has 20 heavy (non-hydrogen) atoms. The third-order valence-electron chi connectivity index (χ3n) is 3.67. The van der Waals surface area contributed by atoms with Gasteiger partial charge < -0.3 is 15.0 Å². The fourth-order valence-electron chi connectivity index (χ4n) is 2.67. The van der Waals surface area contributed by atoms with Gasteiger partial charge in [-0.15, -0.1) is 0 Å². The van der Waals surface area contributed by atoms with Crippen molar-refractivity contribution in [1.82, 2.24) is 9.88 Å². The molecule has 0 aromatic carbocycles. The van der Waals surface area contributed by atoms with Crippen molar-refractivity contribution < 1.29 is 4.74 Å².